The third kappa shape index (κ3) is 3.94. The average molecular weight is 344 g/mol. The molecule has 0 aliphatic heterocycles. The van der Waals surface area contributed by atoms with E-state index in [2.05, 4.69) is 15.5 Å². The first kappa shape index (κ1) is 15.6. The lowest BCUT2D eigenvalue weighted by atomic mass is 10.2. The van der Waals surface area contributed by atoms with Gasteiger partial charge in [-0.3, -0.25) is 14.5 Å². The Hall–Kier alpha value is -2.25. The van der Waals surface area contributed by atoms with Gasteiger partial charge in [0, 0.05) is 19.5 Å². The second-order valence-corrected chi connectivity index (χ2v) is 6.33. The first-order valence-electron chi connectivity index (χ1n) is 7.24. The maximum absolute atomic E-state index is 12.0. The molecule has 0 aliphatic rings. The normalized spacial score (nSPS) is 10.6. The third-order valence-electron chi connectivity index (χ3n) is 3.39. The van der Waals surface area contributed by atoms with Crippen LogP contribution in [0.15, 0.2) is 47.8 Å². The van der Waals surface area contributed by atoms with Gasteiger partial charge in [-0.15, -0.1) is 11.3 Å². The van der Waals surface area contributed by atoms with Gasteiger partial charge in [0.15, 0.2) is 10.6 Å². The fraction of sp³-hybridized carbons (Fsp3) is 0.188. The molecule has 0 bridgehead atoms. The van der Waals surface area contributed by atoms with Crippen LogP contribution in [0.4, 0.5) is 0 Å². The van der Waals surface area contributed by atoms with Crippen LogP contribution in [0.3, 0.4) is 0 Å². The Morgan fingerprint density at radius 1 is 1.26 bits per heavy atom. The summed E-state index contributed by atoms with van der Waals surface area (Å²) in [5.74, 6) is 0.773. The Morgan fingerprint density at radius 3 is 2.83 bits per heavy atom. The van der Waals surface area contributed by atoms with E-state index in [4.69, 9.17) is 12.2 Å². The SMILES string of the molecule is O=C(CCn1c(-c2cccs2)n[nH]c1=S)NCc1ccccc1. The Bertz CT molecular complexity index is 821. The van der Waals surface area contributed by atoms with E-state index in [0.29, 0.717) is 24.3 Å². The second kappa shape index (κ2) is 7.34. The predicted octanol–water partition coefficient (Wildman–Crippen LogP) is 3.38. The quantitative estimate of drug-likeness (QED) is 0.674. The van der Waals surface area contributed by atoms with E-state index in [9.17, 15) is 4.79 Å². The van der Waals surface area contributed by atoms with Crippen molar-refractivity contribution in [2.45, 2.75) is 19.5 Å². The van der Waals surface area contributed by atoms with Gasteiger partial charge in [-0.05, 0) is 29.2 Å². The van der Waals surface area contributed by atoms with Gasteiger partial charge in [-0.25, -0.2) is 0 Å². The van der Waals surface area contributed by atoms with Crippen molar-refractivity contribution in [3.63, 3.8) is 0 Å². The molecule has 0 aliphatic carbocycles. The van der Waals surface area contributed by atoms with Crippen LogP contribution >= 0.6 is 23.6 Å². The van der Waals surface area contributed by atoms with Gasteiger partial charge in [0.25, 0.3) is 0 Å². The third-order valence-corrected chi connectivity index (χ3v) is 4.57. The van der Waals surface area contributed by atoms with Crippen LogP contribution in [0, 0.1) is 4.77 Å². The number of nitrogens with zero attached hydrogens (tertiary/aromatic N) is 2. The monoisotopic (exact) mass is 344 g/mol. The zero-order valence-corrected chi connectivity index (χ0v) is 14.0. The molecule has 0 spiro atoms. The number of benzene rings is 1. The molecule has 0 fully saturated rings. The Balaban J connectivity index is 1.59. The van der Waals surface area contributed by atoms with Crippen LogP contribution in [0.2, 0.25) is 0 Å². The zero-order chi connectivity index (χ0) is 16.1. The molecule has 3 aromatic rings. The largest absolute Gasteiger partial charge is 0.352 e. The van der Waals surface area contributed by atoms with Crippen molar-refractivity contribution in [1.29, 1.82) is 0 Å². The van der Waals surface area contributed by atoms with Crippen molar-refractivity contribution in [2.75, 3.05) is 0 Å². The number of carbonyl (C=O) groups excluding carboxylic acids is 1. The topological polar surface area (TPSA) is 62.7 Å². The van der Waals surface area contributed by atoms with Gasteiger partial charge in [0.05, 0.1) is 4.88 Å². The van der Waals surface area contributed by atoms with Crippen molar-refractivity contribution in [2.24, 2.45) is 0 Å². The Morgan fingerprint density at radius 2 is 2.09 bits per heavy atom. The summed E-state index contributed by atoms with van der Waals surface area (Å²) in [6.07, 6.45) is 0.360. The fourth-order valence-corrected chi connectivity index (χ4v) is 3.16. The second-order valence-electron chi connectivity index (χ2n) is 4.99. The van der Waals surface area contributed by atoms with E-state index in [1.165, 1.54) is 0 Å². The highest BCUT2D eigenvalue weighted by Gasteiger charge is 2.11. The van der Waals surface area contributed by atoms with Crippen LogP contribution in [-0.4, -0.2) is 20.7 Å². The maximum Gasteiger partial charge on any atom is 0.222 e. The van der Waals surface area contributed by atoms with Crippen LogP contribution < -0.4 is 5.32 Å². The average Bonchev–Trinajstić information content (AvgIpc) is 3.21. The smallest absolute Gasteiger partial charge is 0.222 e. The predicted molar refractivity (Wildman–Crippen MR) is 93.6 cm³/mol. The molecule has 2 heterocycles. The van der Waals surface area contributed by atoms with Crippen molar-refractivity contribution >= 4 is 29.5 Å². The Labute approximate surface area is 143 Å². The van der Waals surface area contributed by atoms with Crippen molar-refractivity contribution in [3.8, 4) is 10.7 Å². The summed E-state index contributed by atoms with van der Waals surface area (Å²) in [5, 5.41) is 12.0. The molecular weight excluding hydrogens is 328 g/mol. The van der Waals surface area contributed by atoms with Gasteiger partial charge in [-0.2, -0.15) is 5.10 Å². The van der Waals surface area contributed by atoms with Gasteiger partial charge < -0.3 is 5.32 Å². The summed E-state index contributed by atoms with van der Waals surface area (Å²) in [5.41, 5.74) is 1.08. The molecule has 23 heavy (non-hydrogen) atoms. The fourth-order valence-electron chi connectivity index (χ4n) is 2.22. The molecule has 1 amide bonds. The highest BCUT2D eigenvalue weighted by Crippen LogP contribution is 2.22. The minimum atomic E-state index is -0.00548. The van der Waals surface area contributed by atoms with Crippen molar-refractivity contribution in [3.05, 3.63) is 58.2 Å². The number of nitrogens with one attached hydrogen (secondary N) is 2. The van der Waals surface area contributed by atoms with Crippen molar-refractivity contribution in [1.82, 2.24) is 20.1 Å². The number of hydrogen-bond donors (Lipinski definition) is 2. The Kier molecular flexibility index (Phi) is 4.99. The minimum Gasteiger partial charge on any atom is -0.352 e. The molecule has 0 atom stereocenters. The number of H-pyrrole nitrogens is 1. The summed E-state index contributed by atoms with van der Waals surface area (Å²) < 4.78 is 2.40. The molecule has 0 unspecified atom stereocenters. The number of hydrogen-bond acceptors (Lipinski definition) is 4. The number of amides is 1. The minimum absolute atomic E-state index is 0.00548. The van der Waals surface area contributed by atoms with Crippen LogP contribution in [-0.2, 0) is 17.9 Å². The van der Waals surface area contributed by atoms with E-state index < -0.39 is 0 Å². The lowest BCUT2D eigenvalue weighted by Crippen LogP contribution is -2.24. The maximum atomic E-state index is 12.0. The molecule has 7 heteroatoms. The first-order chi connectivity index (χ1) is 11.2. The summed E-state index contributed by atoms with van der Waals surface area (Å²) in [6.45, 7) is 1.04. The van der Waals surface area contributed by atoms with Gasteiger partial charge in [0.1, 0.15) is 0 Å². The highest BCUT2D eigenvalue weighted by atomic mass is 32.1. The van der Waals surface area contributed by atoms with E-state index in [0.717, 1.165) is 16.3 Å². The van der Waals surface area contributed by atoms with Gasteiger partial charge in [-0.1, -0.05) is 36.4 Å². The number of rotatable bonds is 6. The molecule has 0 saturated carbocycles. The highest BCUT2D eigenvalue weighted by molar-refractivity contribution is 7.71. The van der Waals surface area contributed by atoms with Crippen LogP contribution in [0.5, 0.6) is 0 Å². The standard InChI is InChI=1S/C16H16N4OS2/c21-14(17-11-12-5-2-1-3-6-12)8-9-20-15(18-19-16(20)22)13-7-4-10-23-13/h1-7,10H,8-9,11H2,(H,17,21)(H,19,22). The lowest BCUT2D eigenvalue weighted by molar-refractivity contribution is -0.121. The molecule has 0 saturated heterocycles. The van der Waals surface area contributed by atoms with E-state index in [1.54, 1.807) is 11.3 Å². The van der Waals surface area contributed by atoms with Gasteiger partial charge >= 0.3 is 0 Å². The van der Waals surface area contributed by atoms with E-state index >= 15 is 0 Å². The zero-order valence-electron chi connectivity index (χ0n) is 12.4. The first-order valence-corrected chi connectivity index (χ1v) is 8.52. The lowest BCUT2D eigenvalue weighted by Gasteiger charge is -2.07. The molecule has 2 aromatic heterocycles. The van der Waals surface area contributed by atoms with Crippen LogP contribution in [0.25, 0.3) is 10.7 Å². The molecular formula is C16H16N4OS2. The van der Waals surface area contributed by atoms with Gasteiger partial charge in [0.2, 0.25) is 5.91 Å². The number of thiophene rings is 1. The van der Waals surface area contributed by atoms with E-state index in [1.807, 2.05) is 52.4 Å². The molecule has 0 radical (unpaired) electrons. The summed E-state index contributed by atoms with van der Waals surface area (Å²) in [7, 11) is 0. The summed E-state index contributed by atoms with van der Waals surface area (Å²) in [4.78, 5) is 13.1. The number of aromatic nitrogens is 3. The molecule has 118 valence electrons. The van der Waals surface area contributed by atoms with Crippen molar-refractivity contribution < 1.29 is 4.79 Å². The summed E-state index contributed by atoms with van der Waals surface area (Å²) >= 11 is 6.85. The van der Waals surface area contributed by atoms with Crippen LogP contribution in [0.1, 0.15) is 12.0 Å². The molecule has 2 N–H and O–H groups in total. The number of aromatic amines is 1. The molecule has 3 rings (SSSR count). The number of carbonyl (C=O) groups is 1. The molecule has 1 aromatic carbocycles. The summed E-state index contributed by atoms with van der Waals surface area (Å²) in [6, 6.07) is 13.8. The molecule has 5 nitrogen and oxygen atoms in total. The van der Waals surface area contributed by atoms with E-state index in [-0.39, 0.29) is 5.91 Å².